The highest BCUT2D eigenvalue weighted by Crippen LogP contribution is 2.31. The van der Waals surface area contributed by atoms with Crippen LogP contribution >= 0.6 is 0 Å². The zero-order chi connectivity index (χ0) is 12.5. The number of hydrogen-bond acceptors (Lipinski definition) is 4. The van der Waals surface area contributed by atoms with Gasteiger partial charge in [0.15, 0.2) is 6.61 Å². The number of anilines is 1. The molecule has 1 saturated heterocycles. The highest BCUT2D eigenvalue weighted by Gasteiger charge is 2.24. The summed E-state index contributed by atoms with van der Waals surface area (Å²) in [7, 11) is 0. The third-order valence-electron chi connectivity index (χ3n) is 3.45. The Kier molecular flexibility index (Phi) is 2.93. The van der Waals surface area contributed by atoms with Crippen LogP contribution in [-0.4, -0.2) is 31.6 Å². The number of carbonyl (C=O) groups is 1. The van der Waals surface area contributed by atoms with Crippen molar-refractivity contribution in [2.24, 2.45) is 0 Å². The standard InChI is InChI=1S/C13H17N3O2/c1-8-13(15-5-4-14-8)9-2-3-11-10(6-9)16-12(17)7-18-11/h2-3,6,8,13-15H,4-5,7H2,1H3,(H,16,17). The van der Waals surface area contributed by atoms with Gasteiger partial charge in [-0.15, -0.1) is 0 Å². The topological polar surface area (TPSA) is 62.4 Å². The SMILES string of the molecule is CC1NCCNC1c1ccc2c(c1)NC(=O)CO2. The number of benzene rings is 1. The van der Waals surface area contributed by atoms with Crippen molar-refractivity contribution in [3.05, 3.63) is 23.8 Å². The molecule has 2 unspecified atom stereocenters. The number of hydrogen-bond donors (Lipinski definition) is 3. The highest BCUT2D eigenvalue weighted by molar-refractivity contribution is 5.95. The number of amides is 1. The Bertz CT molecular complexity index is 475. The molecule has 1 aromatic carbocycles. The van der Waals surface area contributed by atoms with Crippen LogP contribution in [0.1, 0.15) is 18.5 Å². The van der Waals surface area contributed by atoms with Crippen molar-refractivity contribution in [3.63, 3.8) is 0 Å². The van der Waals surface area contributed by atoms with E-state index in [9.17, 15) is 4.79 Å². The molecule has 96 valence electrons. The van der Waals surface area contributed by atoms with Crippen LogP contribution < -0.4 is 20.7 Å². The first-order chi connectivity index (χ1) is 8.74. The number of piperazine rings is 1. The van der Waals surface area contributed by atoms with Crippen LogP contribution in [0.15, 0.2) is 18.2 Å². The van der Waals surface area contributed by atoms with Crippen molar-refractivity contribution >= 4 is 11.6 Å². The van der Waals surface area contributed by atoms with Gasteiger partial charge in [0.2, 0.25) is 0 Å². The van der Waals surface area contributed by atoms with Crippen molar-refractivity contribution in [3.8, 4) is 5.75 Å². The number of fused-ring (bicyclic) bond motifs is 1. The molecule has 3 N–H and O–H groups in total. The molecule has 0 bridgehead atoms. The predicted molar refractivity (Wildman–Crippen MR) is 68.8 cm³/mol. The number of ether oxygens (including phenoxy) is 1. The Labute approximate surface area is 106 Å². The molecular weight excluding hydrogens is 230 g/mol. The van der Waals surface area contributed by atoms with E-state index in [0.717, 1.165) is 24.5 Å². The minimum absolute atomic E-state index is 0.0950. The summed E-state index contributed by atoms with van der Waals surface area (Å²) in [5.41, 5.74) is 1.93. The van der Waals surface area contributed by atoms with Gasteiger partial charge in [-0.3, -0.25) is 4.79 Å². The lowest BCUT2D eigenvalue weighted by Crippen LogP contribution is -2.49. The second-order valence-electron chi connectivity index (χ2n) is 4.77. The van der Waals surface area contributed by atoms with Crippen LogP contribution in [0.3, 0.4) is 0 Å². The second kappa shape index (κ2) is 4.59. The van der Waals surface area contributed by atoms with Crippen LogP contribution in [0.4, 0.5) is 5.69 Å². The normalized spacial score (nSPS) is 27.1. The summed E-state index contributed by atoms with van der Waals surface area (Å²) in [4.78, 5) is 11.3. The van der Waals surface area contributed by atoms with E-state index in [2.05, 4.69) is 28.9 Å². The quantitative estimate of drug-likeness (QED) is 0.681. The second-order valence-corrected chi connectivity index (χ2v) is 4.77. The molecule has 0 aromatic heterocycles. The molecular formula is C13H17N3O2. The first-order valence-electron chi connectivity index (χ1n) is 6.27. The number of rotatable bonds is 1. The van der Waals surface area contributed by atoms with Gasteiger partial charge in [0.05, 0.1) is 5.69 Å². The van der Waals surface area contributed by atoms with Crippen LogP contribution in [0.2, 0.25) is 0 Å². The molecule has 18 heavy (non-hydrogen) atoms. The lowest BCUT2D eigenvalue weighted by Gasteiger charge is -2.32. The minimum atomic E-state index is -0.0950. The maximum absolute atomic E-state index is 11.3. The summed E-state index contributed by atoms with van der Waals surface area (Å²) in [6.07, 6.45) is 0. The Hall–Kier alpha value is -1.59. The van der Waals surface area contributed by atoms with Gasteiger partial charge in [-0.2, -0.15) is 0 Å². The number of carbonyl (C=O) groups excluding carboxylic acids is 1. The van der Waals surface area contributed by atoms with Crippen LogP contribution in [-0.2, 0) is 4.79 Å². The predicted octanol–water partition coefficient (Wildman–Crippen LogP) is 0.640. The Morgan fingerprint density at radius 1 is 1.28 bits per heavy atom. The fourth-order valence-corrected chi connectivity index (χ4v) is 2.52. The van der Waals surface area contributed by atoms with E-state index in [1.165, 1.54) is 5.56 Å². The summed E-state index contributed by atoms with van der Waals surface area (Å²) in [5, 5.41) is 9.77. The van der Waals surface area contributed by atoms with Crippen molar-refractivity contribution in [1.82, 2.24) is 10.6 Å². The van der Waals surface area contributed by atoms with Crippen LogP contribution in [0.5, 0.6) is 5.75 Å². The van der Waals surface area contributed by atoms with E-state index >= 15 is 0 Å². The minimum Gasteiger partial charge on any atom is -0.482 e. The van der Waals surface area contributed by atoms with Gasteiger partial charge in [0.25, 0.3) is 5.91 Å². The molecule has 0 spiro atoms. The van der Waals surface area contributed by atoms with E-state index < -0.39 is 0 Å². The molecule has 5 heteroatoms. The molecule has 1 amide bonds. The molecule has 0 aliphatic carbocycles. The van der Waals surface area contributed by atoms with E-state index in [1.807, 2.05) is 12.1 Å². The van der Waals surface area contributed by atoms with E-state index in [-0.39, 0.29) is 18.6 Å². The van der Waals surface area contributed by atoms with Gasteiger partial charge in [-0.05, 0) is 24.6 Å². The smallest absolute Gasteiger partial charge is 0.262 e. The number of nitrogens with one attached hydrogen (secondary N) is 3. The monoisotopic (exact) mass is 247 g/mol. The van der Waals surface area contributed by atoms with Gasteiger partial charge in [-0.25, -0.2) is 0 Å². The Balaban J connectivity index is 1.89. The van der Waals surface area contributed by atoms with Crippen molar-refractivity contribution < 1.29 is 9.53 Å². The van der Waals surface area contributed by atoms with Gasteiger partial charge in [-0.1, -0.05) is 6.07 Å². The summed E-state index contributed by atoms with van der Waals surface area (Å²) in [6, 6.07) is 6.61. The summed E-state index contributed by atoms with van der Waals surface area (Å²) in [6.45, 7) is 4.20. The lowest BCUT2D eigenvalue weighted by atomic mass is 9.97. The fraction of sp³-hybridized carbons (Fsp3) is 0.462. The Morgan fingerprint density at radius 2 is 2.11 bits per heavy atom. The molecule has 5 nitrogen and oxygen atoms in total. The van der Waals surface area contributed by atoms with Crippen molar-refractivity contribution in [2.75, 3.05) is 25.0 Å². The molecule has 1 aromatic rings. The summed E-state index contributed by atoms with van der Waals surface area (Å²) >= 11 is 0. The van der Waals surface area contributed by atoms with Crippen LogP contribution in [0.25, 0.3) is 0 Å². The maximum Gasteiger partial charge on any atom is 0.262 e. The van der Waals surface area contributed by atoms with Gasteiger partial charge >= 0.3 is 0 Å². The summed E-state index contributed by atoms with van der Waals surface area (Å²) < 4.78 is 5.36. The maximum atomic E-state index is 11.3. The third kappa shape index (κ3) is 2.07. The van der Waals surface area contributed by atoms with Crippen molar-refractivity contribution in [2.45, 2.75) is 19.0 Å². The molecule has 0 radical (unpaired) electrons. The Morgan fingerprint density at radius 3 is 2.94 bits per heavy atom. The first-order valence-corrected chi connectivity index (χ1v) is 6.27. The molecule has 1 fully saturated rings. The fourth-order valence-electron chi connectivity index (χ4n) is 2.52. The van der Waals surface area contributed by atoms with E-state index in [1.54, 1.807) is 0 Å². The molecule has 2 aliphatic heterocycles. The molecule has 2 heterocycles. The average molecular weight is 247 g/mol. The average Bonchev–Trinajstić information content (AvgIpc) is 2.38. The largest absolute Gasteiger partial charge is 0.482 e. The molecule has 0 saturated carbocycles. The molecule has 2 aliphatic rings. The van der Waals surface area contributed by atoms with Gasteiger partial charge in [0, 0.05) is 25.2 Å². The third-order valence-corrected chi connectivity index (χ3v) is 3.45. The van der Waals surface area contributed by atoms with Gasteiger partial charge in [0.1, 0.15) is 5.75 Å². The lowest BCUT2D eigenvalue weighted by molar-refractivity contribution is -0.118. The van der Waals surface area contributed by atoms with Gasteiger partial charge < -0.3 is 20.7 Å². The highest BCUT2D eigenvalue weighted by atomic mass is 16.5. The van der Waals surface area contributed by atoms with E-state index in [0.29, 0.717) is 6.04 Å². The molecule has 3 rings (SSSR count). The zero-order valence-electron chi connectivity index (χ0n) is 10.3. The van der Waals surface area contributed by atoms with E-state index in [4.69, 9.17) is 4.74 Å². The first kappa shape index (κ1) is 11.5. The zero-order valence-corrected chi connectivity index (χ0v) is 10.3. The van der Waals surface area contributed by atoms with Crippen molar-refractivity contribution in [1.29, 1.82) is 0 Å². The summed E-state index contributed by atoms with van der Waals surface area (Å²) in [5.74, 6) is 0.650. The van der Waals surface area contributed by atoms with Crippen LogP contribution in [0, 0.1) is 0 Å². The molecule has 2 atom stereocenters.